The van der Waals surface area contributed by atoms with Gasteiger partial charge in [-0.2, -0.15) is 0 Å². The lowest BCUT2D eigenvalue weighted by Crippen LogP contribution is -2.38. The van der Waals surface area contributed by atoms with Crippen LogP contribution >= 0.6 is 0 Å². The smallest absolute Gasteiger partial charge is 0.295 e. The molecule has 0 aliphatic carbocycles. The first-order valence-corrected chi connectivity index (χ1v) is 13.2. The summed E-state index contributed by atoms with van der Waals surface area (Å²) in [6.07, 6.45) is 0. The van der Waals surface area contributed by atoms with Crippen LogP contribution in [0.2, 0.25) is 0 Å². The molecule has 0 aromatic heterocycles. The maximum absolute atomic E-state index is 13.3. The van der Waals surface area contributed by atoms with Gasteiger partial charge in [0, 0.05) is 18.7 Å². The number of carbonyl (C=O) groups is 2. The molecular formula is C32H36N2O4. The number of hydrogen-bond donors (Lipinski definition) is 1. The van der Waals surface area contributed by atoms with Gasteiger partial charge in [0.25, 0.3) is 11.7 Å². The van der Waals surface area contributed by atoms with Crippen LogP contribution < -0.4 is 4.74 Å². The van der Waals surface area contributed by atoms with Gasteiger partial charge < -0.3 is 19.6 Å². The molecule has 0 unspecified atom stereocenters. The van der Waals surface area contributed by atoms with Crippen molar-refractivity contribution in [3.05, 3.63) is 106 Å². The van der Waals surface area contributed by atoms with E-state index in [4.69, 9.17) is 4.74 Å². The number of rotatable bonds is 10. The van der Waals surface area contributed by atoms with Crippen molar-refractivity contribution in [2.24, 2.45) is 0 Å². The maximum atomic E-state index is 13.3. The van der Waals surface area contributed by atoms with Crippen molar-refractivity contribution in [3.63, 3.8) is 0 Å². The third-order valence-corrected chi connectivity index (χ3v) is 7.10. The zero-order valence-corrected chi connectivity index (χ0v) is 22.6. The quantitative estimate of drug-likeness (QED) is 0.216. The van der Waals surface area contributed by atoms with E-state index >= 15 is 0 Å². The molecule has 3 aromatic rings. The largest absolute Gasteiger partial charge is 0.507 e. The molecule has 0 radical (unpaired) electrons. The van der Waals surface area contributed by atoms with Gasteiger partial charge in [-0.05, 0) is 62.3 Å². The third-order valence-electron chi connectivity index (χ3n) is 7.10. The van der Waals surface area contributed by atoms with E-state index in [0.29, 0.717) is 31.0 Å². The Hall–Kier alpha value is -3.90. The minimum Gasteiger partial charge on any atom is -0.507 e. The first kappa shape index (κ1) is 27.1. The molecule has 1 aliphatic heterocycles. The van der Waals surface area contributed by atoms with E-state index in [1.807, 2.05) is 56.3 Å². The van der Waals surface area contributed by atoms with Gasteiger partial charge in [-0.3, -0.25) is 9.59 Å². The van der Waals surface area contributed by atoms with Crippen molar-refractivity contribution in [2.45, 2.75) is 40.3 Å². The molecule has 198 valence electrons. The number of aryl methyl sites for hydroxylation is 2. The number of ketones is 1. The van der Waals surface area contributed by atoms with E-state index in [0.717, 1.165) is 29.8 Å². The zero-order chi connectivity index (χ0) is 27.2. The Labute approximate surface area is 225 Å². The third kappa shape index (κ3) is 5.97. The average molecular weight is 513 g/mol. The number of Topliss-reactive ketones (excluding diaryl/α,β-unsaturated/α-hetero) is 1. The molecule has 1 saturated heterocycles. The van der Waals surface area contributed by atoms with Crippen LogP contribution in [-0.2, 0) is 16.2 Å². The fraction of sp³-hybridized carbons (Fsp3) is 0.312. The Balaban J connectivity index is 1.63. The summed E-state index contributed by atoms with van der Waals surface area (Å²) < 4.78 is 5.91. The molecule has 1 heterocycles. The lowest BCUT2D eigenvalue weighted by Gasteiger charge is -2.28. The summed E-state index contributed by atoms with van der Waals surface area (Å²) in [5.74, 6) is -0.767. The van der Waals surface area contributed by atoms with Gasteiger partial charge in [-0.1, -0.05) is 73.5 Å². The molecule has 0 spiro atoms. The first-order chi connectivity index (χ1) is 18.3. The second-order valence-electron chi connectivity index (χ2n) is 9.73. The van der Waals surface area contributed by atoms with Crippen molar-refractivity contribution in [2.75, 3.05) is 26.2 Å². The number of hydrogen-bond acceptors (Lipinski definition) is 5. The highest BCUT2D eigenvalue weighted by atomic mass is 16.5. The Kier molecular flexibility index (Phi) is 8.64. The maximum Gasteiger partial charge on any atom is 0.295 e. The molecule has 4 rings (SSSR count). The molecule has 38 heavy (non-hydrogen) atoms. The van der Waals surface area contributed by atoms with E-state index in [1.165, 1.54) is 5.56 Å². The second-order valence-corrected chi connectivity index (χ2v) is 9.73. The number of nitrogens with zero attached hydrogens (tertiary/aromatic N) is 2. The van der Waals surface area contributed by atoms with Gasteiger partial charge >= 0.3 is 0 Å². The minimum absolute atomic E-state index is 0.117. The van der Waals surface area contributed by atoms with E-state index in [2.05, 4.69) is 24.8 Å². The Bertz CT molecular complexity index is 1310. The lowest BCUT2D eigenvalue weighted by molar-refractivity contribution is -0.140. The van der Waals surface area contributed by atoms with Crippen LogP contribution in [0.25, 0.3) is 5.76 Å². The first-order valence-electron chi connectivity index (χ1n) is 13.2. The van der Waals surface area contributed by atoms with E-state index in [-0.39, 0.29) is 11.3 Å². The summed E-state index contributed by atoms with van der Waals surface area (Å²) in [4.78, 5) is 30.3. The van der Waals surface area contributed by atoms with Crippen molar-refractivity contribution in [3.8, 4) is 5.75 Å². The molecule has 3 aromatic carbocycles. The van der Waals surface area contributed by atoms with Crippen LogP contribution in [0.3, 0.4) is 0 Å². The second kappa shape index (κ2) is 12.1. The Morgan fingerprint density at radius 2 is 1.61 bits per heavy atom. The predicted octanol–water partition coefficient (Wildman–Crippen LogP) is 5.65. The summed E-state index contributed by atoms with van der Waals surface area (Å²) >= 11 is 0. The minimum atomic E-state index is -0.660. The number of aliphatic hydroxyl groups is 1. The number of carbonyl (C=O) groups excluding carboxylic acids is 2. The summed E-state index contributed by atoms with van der Waals surface area (Å²) in [7, 11) is 0. The fourth-order valence-corrected chi connectivity index (χ4v) is 4.83. The van der Waals surface area contributed by atoms with Crippen LogP contribution in [0.1, 0.15) is 47.7 Å². The van der Waals surface area contributed by atoms with Gasteiger partial charge in [-0.15, -0.1) is 0 Å². The molecule has 1 aliphatic rings. The number of amides is 1. The van der Waals surface area contributed by atoms with Gasteiger partial charge in [0.05, 0.1) is 11.6 Å². The van der Waals surface area contributed by atoms with Crippen LogP contribution in [-0.4, -0.2) is 52.8 Å². The zero-order valence-electron chi connectivity index (χ0n) is 22.6. The van der Waals surface area contributed by atoms with Crippen molar-refractivity contribution >= 4 is 17.4 Å². The highest BCUT2D eigenvalue weighted by Crippen LogP contribution is 2.39. The molecule has 6 nitrogen and oxygen atoms in total. The van der Waals surface area contributed by atoms with Crippen molar-refractivity contribution in [1.29, 1.82) is 0 Å². The fourth-order valence-electron chi connectivity index (χ4n) is 4.83. The summed E-state index contributed by atoms with van der Waals surface area (Å²) in [5, 5.41) is 11.3. The number of likely N-dealkylation sites (tertiary alicyclic amines) is 1. The van der Waals surface area contributed by atoms with Crippen molar-refractivity contribution < 1.29 is 19.4 Å². The molecule has 1 N–H and O–H groups in total. The van der Waals surface area contributed by atoms with E-state index in [1.54, 1.807) is 29.2 Å². The monoisotopic (exact) mass is 512 g/mol. The molecule has 0 bridgehead atoms. The standard InChI is InChI=1S/C32H36N2O4/c1-5-33(6-2)18-19-34-29(25-12-10-22(3)11-13-25)28(31(36)32(34)37)30(35)26-14-16-27(17-15-26)38-21-24-9-7-8-23(4)20-24/h7-17,20,29,35H,5-6,18-19,21H2,1-4H3/t29-/m0/s1. The van der Waals surface area contributed by atoms with Gasteiger partial charge in [0.15, 0.2) is 0 Å². The van der Waals surface area contributed by atoms with Crippen LogP contribution in [0, 0.1) is 13.8 Å². The van der Waals surface area contributed by atoms with Gasteiger partial charge in [0.1, 0.15) is 18.1 Å². The normalized spacial score (nSPS) is 16.9. The number of ether oxygens (including phenoxy) is 1. The molecular weight excluding hydrogens is 476 g/mol. The number of benzene rings is 3. The van der Waals surface area contributed by atoms with Crippen LogP contribution in [0.15, 0.2) is 78.4 Å². The summed E-state index contributed by atoms with van der Waals surface area (Å²) in [6, 6.07) is 22.2. The molecule has 0 saturated carbocycles. The molecule has 6 heteroatoms. The van der Waals surface area contributed by atoms with E-state index in [9.17, 15) is 14.7 Å². The van der Waals surface area contributed by atoms with Gasteiger partial charge in [-0.25, -0.2) is 0 Å². The highest BCUT2D eigenvalue weighted by molar-refractivity contribution is 6.46. The topological polar surface area (TPSA) is 70.1 Å². The predicted molar refractivity (Wildman–Crippen MR) is 150 cm³/mol. The molecule has 1 fully saturated rings. The van der Waals surface area contributed by atoms with E-state index < -0.39 is 17.7 Å². The molecule has 1 atom stereocenters. The van der Waals surface area contributed by atoms with Crippen LogP contribution in [0.4, 0.5) is 0 Å². The summed E-state index contributed by atoms with van der Waals surface area (Å²) in [6.45, 7) is 11.4. The average Bonchev–Trinajstić information content (AvgIpc) is 3.18. The summed E-state index contributed by atoms with van der Waals surface area (Å²) in [5.41, 5.74) is 4.70. The molecule has 1 amide bonds. The Morgan fingerprint density at radius 1 is 0.921 bits per heavy atom. The van der Waals surface area contributed by atoms with Crippen LogP contribution in [0.5, 0.6) is 5.75 Å². The Morgan fingerprint density at radius 3 is 2.24 bits per heavy atom. The number of aliphatic hydroxyl groups excluding tert-OH is 1. The lowest BCUT2D eigenvalue weighted by atomic mass is 9.94. The SMILES string of the molecule is CCN(CC)CCN1C(=O)C(=O)C(=C(O)c2ccc(OCc3cccc(C)c3)cc2)[C@@H]1c1ccc(C)cc1. The van der Waals surface area contributed by atoms with Gasteiger partial charge in [0.2, 0.25) is 0 Å². The number of likely N-dealkylation sites (N-methyl/N-ethyl adjacent to an activating group) is 1. The van der Waals surface area contributed by atoms with Crippen molar-refractivity contribution in [1.82, 2.24) is 9.80 Å². The highest BCUT2D eigenvalue weighted by Gasteiger charge is 2.45.